The summed E-state index contributed by atoms with van der Waals surface area (Å²) in [4.78, 5) is 24.4. The third-order valence-corrected chi connectivity index (χ3v) is 11.7. The maximum atomic E-state index is 12.4. The van der Waals surface area contributed by atoms with E-state index in [0.29, 0.717) is 25.9 Å². The van der Waals surface area contributed by atoms with Gasteiger partial charge in [0.05, 0.1) is 25.4 Å². The fourth-order valence-electron chi connectivity index (χ4n) is 7.74. The van der Waals surface area contributed by atoms with Crippen LogP contribution in [0.5, 0.6) is 0 Å². The van der Waals surface area contributed by atoms with Gasteiger partial charge in [-0.2, -0.15) is 0 Å². The van der Waals surface area contributed by atoms with Crippen LogP contribution < -0.4 is 5.32 Å². The highest BCUT2D eigenvalue weighted by atomic mass is 16.5. The van der Waals surface area contributed by atoms with Crippen LogP contribution in [0, 0.1) is 0 Å². The number of hydrogen-bond donors (Lipinski definition) is 3. The first-order valence-corrected chi connectivity index (χ1v) is 25.6. The van der Waals surface area contributed by atoms with Gasteiger partial charge in [-0.15, -0.1) is 0 Å². The van der Waals surface area contributed by atoms with Crippen molar-refractivity contribution in [3.63, 3.8) is 0 Å². The number of carbonyl (C=O) groups excluding carboxylic acids is 2. The van der Waals surface area contributed by atoms with Crippen LogP contribution >= 0.6 is 0 Å². The quantitative estimate of drug-likeness (QED) is 0.0323. The van der Waals surface area contributed by atoms with E-state index in [1.165, 1.54) is 167 Å². The van der Waals surface area contributed by atoms with Gasteiger partial charge in [-0.25, -0.2) is 0 Å². The number of aliphatic hydroxyl groups excluding tert-OH is 2. The molecule has 0 aliphatic rings. The summed E-state index contributed by atoms with van der Waals surface area (Å²) in [6.07, 6.45) is 55.7. The molecule has 2 unspecified atom stereocenters. The van der Waals surface area contributed by atoms with E-state index < -0.39 is 12.1 Å². The molecule has 0 saturated carbocycles. The molecule has 0 aliphatic carbocycles. The van der Waals surface area contributed by atoms with Crippen LogP contribution in [0.25, 0.3) is 0 Å². The molecule has 0 saturated heterocycles. The summed E-state index contributed by atoms with van der Waals surface area (Å²) in [6.45, 7) is 4.89. The lowest BCUT2D eigenvalue weighted by atomic mass is 10.0. The van der Waals surface area contributed by atoms with Crippen LogP contribution in [0.4, 0.5) is 0 Å². The summed E-state index contributed by atoms with van der Waals surface area (Å²) in [5, 5.41) is 23.2. The van der Waals surface area contributed by atoms with Gasteiger partial charge in [-0.3, -0.25) is 9.59 Å². The molecule has 3 N–H and O–H groups in total. The molecule has 0 aromatic rings. The summed E-state index contributed by atoms with van der Waals surface area (Å²) in [5.74, 6) is -0.0870. The molecule has 0 rings (SSSR count). The summed E-state index contributed by atoms with van der Waals surface area (Å²) in [7, 11) is 0. The zero-order chi connectivity index (χ0) is 42.3. The van der Waals surface area contributed by atoms with Gasteiger partial charge in [0.25, 0.3) is 0 Å². The second kappa shape index (κ2) is 48.0. The number of nitrogens with one attached hydrogen (secondary N) is 1. The average molecular weight is 818 g/mol. The Morgan fingerprint density at radius 2 is 0.810 bits per heavy atom. The van der Waals surface area contributed by atoms with Crippen molar-refractivity contribution in [2.75, 3.05) is 13.2 Å². The van der Waals surface area contributed by atoms with Gasteiger partial charge < -0.3 is 20.3 Å². The summed E-state index contributed by atoms with van der Waals surface area (Å²) >= 11 is 0. The van der Waals surface area contributed by atoms with Crippen molar-refractivity contribution in [1.82, 2.24) is 5.32 Å². The molecule has 6 heteroatoms. The van der Waals surface area contributed by atoms with Gasteiger partial charge in [0, 0.05) is 12.8 Å². The molecule has 2 atom stereocenters. The highest BCUT2D eigenvalue weighted by molar-refractivity contribution is 5.76. The Labute approximate surface area is 361 Å². The molecule has 6 nitrogen and oxygen atoms in total. The molecule has 0 aliphatic heterocycles. The van der Waals surface area contributed by atoms with E-state index in [2.05, 4.69) is 43.5 Å². The molecular weight excluding hydrogens is 719 g/mol. The molecule has 0 radical (unpaired) electrons. The first-order valence-electron chi connectivity index (χ1n) is 25.6. The number of esters is 1. The number of aliphatic hydroxyl groups is 2. The van der Waals surface area contributed by atoms with Gasteiger partial charge in [0.1, 0.15) is 0 Å². The van der Waals surface area contributed by atoms with Crippen molar-refractivity contribution in [2.45, 2.75) is 283 Å². The third kappa shape index (κ3) is 43.9. The van der Waals surface area contributed by atoms with Gasteiger partial charge in [-0.05, 0) is 77.0 Å². The molecule has 1 amide bonds. The van der Waals surface area contributed by atoms with E-state index in [1.807, 2.05) is 0 Å². The number of amides is 1. The first-order chi connectivity index (χ1) is 28.5. The maximum Gasteiger partial charge on any atom is 0.305 e. The van der Waals surface area contributed by atoms with Crippen molar-refractivity contribution in [3.05, 3.63) is 24.3 Å². The lowest BCUT2D eigenvalue weighted by Crippen LogP contribution is -2.45. The minimum Gasteiger partial charge on any atom is -0.466 e. The van der Waals surface area contributed by atoms with E-state index in [0.717, 1.165) is 70.6 Å². The van der Waals surface area contributed by atoms with Crippen LogP contribution in [0.2, 0.25) is 0 Å². The molecule has 0 aromatic carbocycles. The highest BCUT2D eigenvalue weighted by Gasteiger charge is 2.20. The monoisotopic (exact) mass is 818 g/mol. The van der Waals surface area contributed by atoms with E-state index in [4.69, 9.17) is 4.74 Å². The number of ether oxygens (including phenoxy) is 1. The van der Waals surface area contributed by atoms with E-state index in [1.54, 1.807) is 0 Å². The maximum absolute atomic E-state index is 12.4. The molecule has 342 valence electrons. The van der Waals surface area contributed by atoms with E-state index in [9.17, 15) is 19.8 Å². The molecule has 0 aromatic heterocycles. The topological polar surface area (TPSA) is 95.9 Å². The Morgan fingerprint density at radius 3 is 1.26 bits per heavy atom. The molecule has 0 spiro atoms. The second-order valence-corrected chi connectivity index (χ2v) is 17.5. The van der Waals surface area contributed by atoms with Crippen molar-refractivity contribution in [2.24, 2.45) is 0 Å². The molecule has 58 heavy (non-hydrogen) atoms. The van der Waals surface area contributed by atoms with Crippen molar-refractivity contribution < 1.29 is 24.5 Å². The van der Waals surface area contributed by atoms with Crippen molar-refractivity contribution in [1.29, 1.82) is 0 Å². The average Bonchev–Trinajstić information content (AvgIpc) is 3.22. The number of carbonyl (C=O) groups is 2. The zero-order valence-electron chi connectivity index (χ0n) is 38.8. The first kappa shape index (κ1) is 56.3. The lowest BCUT2D eigenvalue weighted by Gasteiger charge is -2.22. The minimum atomic E-state index is -0.681. The number of rotatable bonds is 47. The Hall–Kier alpha value is -1.66. The lowest BCUT2D eigenvalue weighted by molar-refractivity contribution is -0.143. The van der Waals surface area contributed by atoms with Crippen LogP contribution in [0.3, 0.4) is 0 Å². The van der Waals surface area contributed by atoms with Crippen LogP contribution in [0.15, 0.2) is 24.3 Å². The predicted octanol–water partition coefficient (Wildman–Crippen LogP) is 15.1. The second-order valence-electron chi connectivity index (χ2n) is 17.5. The van der Waals surface area contributed by atoms with Crippen LogP contribution in [0.1, 0.15) is 271 Å². The minimum absolute atomic E-state index is 0.0220. The van der Waals surface area contributed by atoms with Gasteiger partial charge in [-0.1, -0.05) is 205 Å². The molecular formula is C52H99NO5. The summed E-state index contributed by atoms with van der Waals surface area (Å²) in [5.41, 5.74) is 0. The summed E-state index contributed by atoms with van der Waals surface area (Å²) in [6, 6.07) is -0.561. The number of allylic oxidation sites excluding steroid dienone is 4. The molecule has 0 heterocycles. The number of unbranched alkanes of at least 4 members (excludes halogenated alkanes) is 32. The van der Waals surface area contributed by atoms with Gasteiger partial charge in [0.2, 0.25) is 5.91 Å². The number of hydrogen-bond acceptors (Lipinski definition) is 5. The van der Waals surface area contributed by atoms with Crippen molar-refractivity contribution in [3.8, 4) is 0 Å². The fraction of sp³-hybridized carbons (Fsp3) is 0.885. The highest BCUT2D eigenvalue weighted by Crippen LogP contribution is 2.16. The third-order valence-electron chi connectivity index (χ3n) is 11.7. The van der Waals surface area contributed by atoms with Gasteiger partial charge in [0.15, 0.2) is 0 Å². The van der Waals surface area contributed by atoms with Crippen LogP contribution in [-0.4, -0.2) is 47.4 Å². The Morgan fingerprint density at radius 1 is 0.466 bits per heavy atom. The Balaban J connectivity index is 3.51. The van der Waals surface area contributed by atoms with Crippen LogP contribution in [-0.2, 0) is 14.3 Å². The smallest absolute Gasteiger partial charge is 0.305 e. The Kier molecular flexibility index (Phi) is 46.6. The summed E-state index contributed by atoms with van der Waals surface area (Å²) < 4.78 is 5.44. The largest absolute Gasteiger partial charge is 0.466 e. The SMILES string of the molecule is CCCCCC/C=C\CCCCCCCC(=O)OCCCCCCCC/C=C\CCCCCC(=O)NC(CO)C(O)CCCCCCCCCCCCCCCCC. The fourth-order valence-corrected chi connectivity index (χ4v) is 7.74. The van der Waals surface area contributed by atoms with E-state index >= 15 is 0 Å². The van der Waals surface area contributed by atoms with Gasteiger partial charge >= 0.3 is 5.97 Å². The van der Waals surface area contributed by atoms with E-state index in [-0.39, 0.29) is 18.5 Å². The Bertz CT molecular complexity index is 904. The standard InChI is InChI=1S/C52H99NO5/c1-3-5-7-9-11-13-15-17-18-21-24-28-32-36-40-44-50(55)49(48-54)53-51(56)45-41-37-33-29-25-22-19-23-27-31-35-39-43-47-58-52(57)46-42-38-34-30-26-20-16-14-12-10-8-6-4-2/h14,16,22,25,49-50,54-55H,3-13,15,17-21,23-24,26-48H2,1-2H3,(H,53,56)/b16-14-,25-22-. The van der Waals surface area contributed by atoms with Crippen molar-refractivity contribution >= 4 is 11.9 Å². The predicted molar refractivity (Wildman–Crippen MR) is 250 cm³/mol. The zero-order valence-corrected chi connectivity index (χ0v) is 38.8. The molecule has 0 fully saturated rings. The normalized spacial score (nSPS) is 12.8. The molecule has 0 bridgehead atoms.